The molecule has 1 unspecified atom stereocenters. The van der Waals surface area contributed by atoms with E-state index in [1.807, 2.05) is 13.8 Å². The first-order valence-electron chi connectivity index (χ1n) is 10.2. The van der Waals surface area contributed by atoms with Crippen LogP contribution < -0.4 is 5.32 Å². The van der Waals surface area contributed by atoms with E-state index in [-0.39, 0.29) is 17.9 Å². The molecule has 164 valence electrons. The quantitative estimate of drug-likeness (QED) is 0.385. The van der Waals surface area contributed by atoms with Gasteiger partial charge in [0.15, 0.2) is 11.0 Å². The molecule has 0 aliphatic heterocycles. The highest BCUT2D eigenvalue weighted by Gasteiger charge is 2.26. The Morgan fingerprint density at radius 3 is 2.45 bits per heavy atom. The van der Waals surface area contributed by atoms with Crippen molar-refractivity contribution >= 4 is 40.9 Å². The second-order valence-corrected chi connectivity index (χ2v) is 9.46. The van der Waals surface area contributed by atoms with Crippen molar-refractivity contribution < 1.29 is 4.79 Å². The van der Waals surface area contributed by atoms with Crippen molar-refractivity contribution in [3.8, 4) is 0 Å². The number of benzene rings is 2. The summed E-state index contributed by atoms with van der Waals surface area (Å²) in [7, 11) is 0. The van der Waals surface area contributed by atoms with Crippen LogP contribution in [0.15, 0.2) is 47.6 Å². The van der Waals surface area contributed by atoms with Crippen LogP contribution in [0.1, 0.15) is 54.1 Å². The molecule has 0 saturated carbocycles. The molecule has 0 saturated heterocycles. The van der Waals surface area contributed by atoms with Crippen LogP contribution in [-0.2, 0) is 12.3 Å². The van der Waals surface area contributed by atoms with Gasteiger partial charge in [0.1, 0.15) is 0 Å². The number of carbonyl (C=O) groups is 1. The first-order valence-corrected chi connectivity index (χ1v) is 11.9. The number of hydrogen-bond acceptors (Lipinski definition) is 4. The zero-order valence-corrected chi connectivity index (χ0v) is 20.4. The molecule has 1 amide bonds. The lowest BCUT2D eigenvalue weighted by Crippen LogP contribution is -2.34. The molecule has 0 aliphatic rings. The van der Waals surface area contributed by atoms with Crippen molar-refractivity contribution in [2.24, 2.45) is 5.92 Å². The van der Waals surface area contributed by atoms with Gasteiger partial charge in [0.2, 0.25) is 0 Å². The third kappa shape index (κ3) is 5.82. The Balaban J connectivity index is 1.80. The topological polar surface area (TPSA) is 59.8 Å². The highest BCUT2D eigenvalue weighted by molar-refractivity contribution is 7.98. The number of rotatable bonds is 8. The molecule has 3 rings (SSSR count). The predicted molar refractivity (Wildman–Crippen MR) is 128 cm³/mol. The van der Waals surface area contributed by atoms with Gasteiger partial charge in [-0.05, 0) is 43.5 Å². The molecule has 0 bridgehead atoms. The van der Waals surface area contributed by atoms with Crippen LogP contribution >= 0.6 is 35.0 Å². The van der Waals surface area contributed by atoms with Gasteiger partial charge < -0.3 is 9.88 Å². The third-order valence-electron chi connectivity index (χ3n) is 4.96. The van der Waals surface area contributed by atoms with Gasteiger partial charge in [-0.2, -0.15) is 0 Å². The zero-order chi connectivity index (χ0) is 22.5. The molecule has 31 heavy (non-hydrogen) atoms. The molecular weight excluding hydrogens is 451 g/mol. The van der Waals surface area contributed by atoms with Gasteiger partial charge in [0, 0.05) is 17.3 Å². The van der Waals surface area contributed by atoms with E-state index < -0.39 is 0 Å². The highest BCUT2D eigenvalue weighted by Crippen LogP contribution is 2.28. The van der Waals surface area contributed by atoms with Gasteiger partial charge in [-0.25, -0.2) is 0 Å². The molecule has 0 spiro atoms. The number of hydrogen-bond donors (Lipinski definition) is 1. The van der Waals surface area contributed by atoms with Crippen LogP contribution in [0.2, 0.25) is 10.0 Å². The molecule has 5 nitrogen and oxygen atoms in total. The first kappa shape index (κ1) is 23.6. The number of aromatic nitrogens is 3. The van der Waals surface area contributed by atoms with Crippen molar-refractivity contribution in [3.63, 3.8) is 0 Å². The average Bonchev–Trinajstić information content (AvgIpc) is 3.13. The Kier molecular flexibility index (Phi) is 8.03. The van der Waals surface area contributed by atoms with Gasteiger partial charge in [-0.3, -0.25) is 4.79 Å². The lowest BCUT2D eigenvalue weighted by atomic mass is 10.0. The molecule has 1 aromatic heterocycles. The summed E-state index contributed by atoms with van der Waals surface area (Å²) in [6.45, 7) is 8.93. The molecule has 1 N–H and O–H groups in total. The Bertz CT molecular complexity index is 1050. The SMILES string of the molecule is CCn1c(SCc2ccc(C)cc2)nnc1C(NC(=O)c1ccc(Cl)cc1Cl)C(C)C. The monoisotopic (exact) mass is 476 g/mol. The molecule has 8 heteroatoms. The standard InChI is InChI=1S/C23H26Cl2N4OS/c1-5-29-21(27-28-23(29)31-13-16-8-6-15(4)7-9-16)20(14(2)3)26-22(30)18-11-10-17(24)12-19(18)25/h6-12,14,20H,5,13H2,1-4H3,(H,26,30). The van der Waals surface area contributed by atoms with E-state index in [9.17, 15) is 4.79 Å². The van der Waals surface area contributed by atoms with E-state index in [2.05, 4.69) is 58.2 Å². The predicted octanol–water partition coefficient (Wildman–Crippen LogP) is 6.33. The summed E-state index contributed by atoms with van der Waals surface area (Å²) in [5.41, 5.74) is 2.85. The van der Waals surface area contributed by atoms with Crippen LogP contribution in [0.25, 0.3) is 0 Å². The lowest BCUT2D eigenvalue weighted by Gasteiger charge is -2.23. The summed E-state index contributed by atoms with van der Waals surface area (Å²) < 4.78 is 2.06. The fourth-order valence-electron chi connectivity index (χ4n) is 3.19. The van der Waals surface area contributed by atoms with Gasteiger partial charge in [0.05, 0.1) is 16.6 Å². The summed E-state index contributed by atoms with van der Waals surface area (Å²) in [4.78, 5) is 12.9. The molecule has 0 radical (unpaired) electrons. The van der Waals surface area contributed by atoms with Crippen molar-refractivity contribution in [3.05, 3.63) is 75.0 Å². The Hall–Kier alpha value is -2.02. The lowest BCUT2D eigenvalue weighted by molar-refractivity contribution is 0.0922. The molecule has 0 fully saturated rings. The van der Waals surface area contributed by atoms with E-state index in [4.69, 9.17) is 23.2 Å². The largest absolute Gasteiger partial charge is 0.342 e. The highest BCUT2D eigenvalue weighted by atomic mass is 35.5. The Labute approximate surface area is 197 Å². The van der Waals surface area contributed by atoms with Crippen LogP contribution in [0.4, 0.5) is 0 Å². The minimum absolute atomic E-state index is 0.111. The third-order valence-corrected chi connectivity index (χ3v) is 6.54. The molecule has 0 aliphatic carbocycles. The van der Waals surface area contributed by atoms with Crippen LogP contribution in [-0.4, -0.2) is 20.7 Å². The minimum atomic E-state index is -0.305. The van der Waals surface area contributed by atoms with E-state index in [1.54, 1.807) is 30.0 Å². The second-order valence-electron chi connectivity index (χ2n) is 7.68. The normalized spacial score (nSPS) is 12.2. The Morgan fingerprint density at radius 1 is 1.13 bits per heavy atom. The number of thioether (sulfide) groups is 1. The molecule has 2 aromatic carbocycles. The number of aryl methyl sites for hydroxylation is 1. The van der Waals surface area contributed by atoms with Crippen molar-refractivity contribution in [1.29, 1.82) is 0 Å². The van der Waals surface area contributed by atoms with E-state index in [0.717, 1.165) is 16.7 Å². The molecule has 3 aromatic rings. The van der Waals surface area contributed by atoms with Gasteiger partial charge in [-0.1, -0.05) is 78.6 Å². The summed E-state index contributed by atoms with van der Waals surface area (Å²) in [5, 5.41) is 13.6. The minimum Gasteiger partial charge on any atom is -0.342 e. The number of nitrogens with zero attached hydrogens (tertiary/aromatic N) is 3. The maximum Gasteiger partial charge on any atom is 0.253 e. The maximum atomic E-state index is 12.9. The summed E-state index contributed by atoms with van der Waals surface area (Å²) in [6, 6.07) is 13.0. The average molecular weight is 477 g/mol. The fraction of sp³-hybridized carbons (Fsp3) is 0.348. The first-order chi connectivity index (χ1) is 14.8. The molecular formula is C23H26Cl2N4OS. The zero-order valence-electron chi connectivity index (χ0n) is 18.0. The van der Waals surface area contributed by atoms with Gasteiger partial charge >= 0.3 is 0 Å². The van der Waals surface area contributed by atoms with Crippen LogP contribution in [0, 0.1) is 12.8 Å². The molecule has 1 atom stereocenters. The summed E-state index contributed by atoms with van der Waals surface area (Å²) >= 11 is 13.8. The maximum absolute atomic E-state index is 12.9. The van der Waals surface area contributed by atoms with Crippen LogP contribution in [0.3, 0.4) is 0 Å². The number of nitrogens with one attached hydrogen (secondary N) is 1. The van der Waals surface area contributed by atoms with Crippen molar-refractivity contribution in [2.75, 3.05) is 0 Å². The summed E-state index contributed by atoms with van der Waals surface area (Å²) in [6.07, 6.45) is 0. The van der Waals surface area contributed by atoms with E-state index in [0.29, 0.717) is 22.2 Å². The number of carbonyl (C=O) groups excluding carboxylic acids is 1. The van der Waals surface area contributed by atoms with E-state index >= 15 is 0 Å². The van der Waals surface area contributed by atoms with Gasteiger partial charge in [-0.15, -0.1) is 10.2 Å². The summed E-state index contributed by atoms with van der Waals surface area (Å²) in [5.74, 6) is 1.39. The van der Waals surface area contributed by atoms with Crippen LogP contribution in [0.5, 0.6) is 0 Å². The van der Waals surface area contributed by atoms with Crippen molar-refractivity contribution in [2.45, 2.75) is 51.2 Å². The van der Waals surface area contributed by atoms with Gasteiger partial charge in [0.25, 0.3) is 5.91 Å². The smallest absolute Gasteiger partial charge is 0.253 e. The van der Waals surface area contributed by atoms with E-state index in [1.165, 1.54) is 11.1 Å². The second kappa shape index (κ2) is 10.5. The fourth-order valence-corrected chi connectivity index (χ4v) is 4.65. The number of amides is 1. The van der Waals surface area contributed by atoms with Crippen molar-refractivity contribution in [1.82, 2.24) is 20.1 Å². The molecule has 1 heterocycles. The Morgan fingerprint density at radius 2 is 1.84 bits per heavy atom. The number of halogens is 2.